The van der Waals surface area contributed by atoms with Crippen molar-refractivity contribution < 1.29 is 27.4 Å². The van der Waals surface area contributed by atoms with Crippen LogP contribution in [0, 0.1) is 24.0 Å². The minimum Gasteiger partial charge on any atom is -0.508 e. The molecule has 0 radical (unpaired) electrons. The Bertz CT molecular complexity index is 1800. The van der Waals surface area contributed by atoms with Crippen LogP contribution in [0.4, 0.5) is 23.4 Å². The molecule has 2 aromatic carbocycles. The summed E-state index contributed by atoms with van der Waals surface area (Å²) in [5.74, 6) is 0.830. The SMILES string of the molecule is C#Cc1c(F)ccc2cc(O)cc(-c3ncc4c(N(C)[C@@H]5C[C@H]5F)nc(OC[C@@]56CCCN5C[C@H](F)C6)nc4c3F)c12. The van der Waals surface area contributed by atoms with Crippen molar-refractivity contribution in [3.05, 3.63) is 47.7 Å². The van der Waals surface area contributed by atoms with Crippen LogP contribution >= 0.6 is 0 Å². The number of phenols is 1. The molecule has 11 heteroatoms. The van der Waals surface area contributed by atoms with Gasteiger partial charge in [0.1, 0.15) is 47.5 Å². The summed E-state index contributed by atoms with van der Waals surface area (Å²) in [5.41, 5.74) is -0.854. The standard InChI is InChI=1S/C31H27F4N5O2/c1-3-19-22(33)6-5-16-9-18(41)10-20(25(16)19)27-26(35)28-21(13-36-27)29(39(2)24-11-23(24)34)38-30(37-28)42-15-31-7-4-8-40(31)14-17(32)12-31/h1,5-6,9-10,13,17,23-24,41H,4,7-8,11-12,14-15H2,2H3/t17-,23-,24-,31+/m1/s1. The number of halogens is 4. The second-order valence-corrected chi connectivity index (χ2v) is 11.5. The molecule has 7 nitrogen and oxygen atoms in total. The quantitative estimate of drug-likeness (QED) is 0.246. The summed E-state index contributed by atoms with van der Waals surface area (Å²) in [6, 6.07) is 4.72. The number of anilines is 1. The van der Waals surface area contributed by atoms with Crippen LogP contribution in [0.15, 0.2) is 30.5 Å². The molecule has 4 heterocycles. The molecule has 4 aromatic rings. The predicted octanol–water partition coefficient (Wildman–Crippen LogP) is 5.31. The maximum Gasteiger partial charge on any atom is 0.319 e. The fourth-order valence-corrected chi connectivity index (χ4v) is 6.65. The number of benzene rings is 2. The molecule has 1 N–H and O–H groups in total. The zero-order valence-electron chi connectivity index (χ0n) is 22.7. The molecule has 0 amide bonds. The number of aromatic nitrogens is 3. The van der Waals surface area contributed by atoms with E-state index in [-0.39, 0.29) is 57.3 Å². The minimum absolute atomic E-state index is 0.0827. The summed E-state index contributed by atoms with van der Waals surface area (Å²) in [6.45, 7) is 1.24. The van der Waals surface area contributed by atoms with Crippen LogP contribution in [0.25, 0.3) is 32.9 Å². The summed E-state index contributed by atoms with van der Waals surface area (Å²) in [7, 11) is 1.66. The zero-order chi connectivity index (χ0) is 29.3. The van der Waals surface area contributed by atoms with Gasteiger partial charge in [-0.15, -0.1) is 6.42 Å². The highest BCUT2D eigenvalue weighted by Crippen LogP contribution is 2.42. The Morgan fingerprint density at radius 1 is 1.24 bits per heavy atom. The summed E-state index contributed by atoms with van der Waals surface area (Å²) in [5, 5.41) is 11.3. The average molecular weight is 578 g/mol. The number of hydrogen-bond acceptors (Lipinski definition) is 7. The number of phenolic OH excluding ortho intramolecular Hbond substituents is 1. The van der Waals surface area contributed by atoms with Gasteiger partial charge in [0.15, 0.2) is 5.82 Å². The lowest BCUT2D eigenvalue weighted by molar-refractivity contribution is 0.107. The third-order valence-corrected chi connectivity index (χ3v) is 8.84. The highest BCUT2D eigenvalue weighted by molar-refractivity contribution is 6.03. The van der Waals surface area contributed by atoms with Gasteiger partial charge in [0.05, 0.1) is 22.5 Å². The van der Waals surface area contributed by atoms with E-state index >= 15 is 4.39 Å². The number of pyridine rings is 1. The molecule has 3 fully saturated rings. The molecule has 0 unspecified atom stereocenters. The van der Waals surface area contributed by atoms with E-state index in [9.17, 15) is 18.3 Å². The van der Waals surface area contributed by atoms with Gasteiger partial charge in [0.2, 0.25) is 0 Å². The van der Waals surface area contributed by atoms with Crippen LogP contribution in [-0.2, 0) is 0 Å². The molecule has 4 atom stereocenters. The summed E-state index contributed by atoms with van der Waals surface area (Å²) >= 11 is 0. The van der Waals surface area contributed by atoms with Crippen molar-refractivity contribution >= 4 is 27.5 Å². The smallest absolute Gasteiger partial charge is 0.319 e. The van der Waals surface area contributed by atoms with Crippen molar-refractivity contribution in [3.8, 4) is 35.4 Å². The van der Waals surface area contributed by atoms with E-state index in [4.69, 9.17) is 11.2 Å². The highest BCUT2D eigenvalue weighted by Gasteiger charge is 2.49. The van der Waals surface area contributed by atoms with Crippen LogP contribution in [0.2, 0.25) is 0 Å². The lowest BCUT2D eigenvalue weighted by atomic mass is 9.95. The summed E-state index contributed by atoms with van der Waals surface area (Å²) < 4.78 is 65.6. The van der Waals surface area contributed by atoms with Gasteiger partial charge < -0.3 is 14.7 Å². The molecule has 3 aliphatic rings. The van der Waals surface area contributed by atoms with Gasteiger partial charge in [0.25, 0.3) is 0 Å². The molecule has 1 saturated carbocycles. The number of hydrogen-bond donors (Lipinski definition) is 1. The van der Waals surface area contributed by atoms with Crippen molar-refractivity contribution in [2.75, 3.05) is 31.6 Å². The highest BCUT2D eigenvalue weighted by atomic mass is 19.1. The van der Waals surface area contributed by atoms with Crippen molar-refractivity contribution in [1.82, 2.24) is 19.9 Å². The molecular weight excluding hydrogens is 550 g/mol. The van der Waals surface area contributed by atoms with Gasteiger partial charge in [-0.3, -0.25) is 9.88 Å². The Morgan fingerprint density at radius 2 is 2.05 bits per heavy atom. The summed E-state index contributed by atoms with van der Waals surface area (Å²) in [6.07, 6.45) is 7.29. The zero-order valence-corrected chi connectivity index (χ0v) is 22.7. The molecule has 0 spiro atoms. The maximum absolute atomic E-state index is 16.5. The molecule has 2 saturated heterocycles. The summed E-state index contributed by atoms with van der Waals surface area (Å²) in [4.78, 5) is 17.0. The third-order valence-electron chi connectivity index (χ3n) is 8.84. The van der Waals surface area contributed by atoms with Crippen LogP contribution in [0.1, 0.15) is 31.2 Å². The number of nitrogens with zero attached hydrogens (tertiary/aromatic N) is 5. The lowest BCUT2D eigenvalue weighted by Gasteiger charge is -2.31. The first-order valence-corrected chi connectivity index (χ1v) is 13.9. The van der Waals surface area contributed by atoms with Crippen LogP contribution in [0.3, 0.4) is 0 Å². The Morgan fingerprint density at radius 3 is 2.81 bits per heavy atom. The number of fused-ring (bicyclic) bond motifs is 3. The van der Waals surface area contributed by atoms with Gasteiger partial charge in [0, 0.05) is 43.6 Å². The van der Waals surface area contributed by atoms with E-state index in [1.165, 1.54) is 30.5 Å². The van der Waals surface area contributed by atoms with E-state index in [2.05, 4.69) is 25.8 Å². The first-order valence-electron chi connectivity index (χ1n) is 13.9. The Kier molecular flexibility index (Phi) is 6.17. The van der Waals surface area contributed by atoms with Crippen molar-refractivity contribution in [2.45, 2.75) is 49.6 Å². The molecule has 2 aliphatic heterocycles. The molecule has 0 bridgehead atoms. The van der Waals surface area contributed by atoms with E-state index in [1.54, 1.807) is 11.9 Å². The molecule has 7 rings (SSSR count). The fourth-order valence-electron chi connectivity index (χ4n) is 6.65. The third kappa shape index (κ3) is 4.19. The van der Waals surface area contributed by atoms with Gasteiger partial charge in [-0.2, -0.15) is 9.97 Å². The Balaban J connectivity index is 1.38. The Labute approximate surface area is 239 Å². The maximum atomic E-state index is 16.5. The minimum atomic E-state index is -1.05. The largest absolute Gasteiger partial charge is 0.508 e. The molecular formula is C31H27F4N5O2. The van der Waals surface area contributed by atoms with Crippen molar-refractivity contribution in [2.24, 2.45) is 0 Å². The second kappa shape index (κ2) is 9.70. The van der Waals surface area contributed by atoms with E-state index in [0.717, 1.165) is 19.4 Å². The van der Waals surface area contributed by atoms with E-state index in [1.807, 2.05) is 0 Å². The van der Waals surface area contributed by atoms with Gasteiger partial charge in [-0.25, -0.2) is 17.6 Å². The first-order chi connectivity index (χ1) is 20.2. The number of terminal acetylenes is 1. The van der Waals surface area contributed by atoms with E-state index in [0.29, 0.717) is 24.8 Å². The topological polar surface area (TPSA) is 74.6 Å². The van der Waals surface area contributed by atoms with E-state index < -0.39 is 35.6 Å². The predicted molar refractivity (Wildman–Crippen MR) is 150 cm³/mol. The monoisotopic (exact) mass is 577 g/mol. The second-order valence-electron chi connectivity index (χ2n) is 11.5. The lowest BCUT2D eigenvalue weighted by Crippen LogP contribution is -2.43. The van der Waals surface area contributed by atoms with Crippen LogP contribution in [0.5, 0.6) is 11.8 Å². The number of ether oxygens (including phenoxy) is 1. The average Bonchev–Trinajstić information content (AvgIpc) is 3.45. The van der Waals surface area contributed by atoms with Crippen LogP contribution < -0.4 is 9.64 Å². The fraction of sp³-hybridized carbons (Fsp3) is 0.387. The Hall–Kier alpha value is -4.17. The van der Waals surface area contributed by atoms with Crippen LogP contribution in [-0.4, -0.2) is 75.6 Å². The number of aromatic hydroxyl groups is 1. The van der Waals surface area contributed by atoms with Gasteiger partial charge in [-0.05, 0) is 43.0 Å². The first kappa shape index (κ1) is 26.7. The molecule has 42 heavy (non-hydrogen) atoms. The molecule has 2 aromatic heterocycles. The van der Waals surface area contributed by atoms with Gasteiger partial charge in [-0.1, -0.05) is 12.0 Å². The number of rotatable bonds is 6. The van der Waals surface area contributed by atoms with Crippen molar-refractivity contribution in [3.63, 3.8) is 0 Å². The van der Waals surface area contributed by atoms with Crippen molar-refractivity contribution in [1.29, 1.82) is 0 Å². The number of alkyl halides is 2. The normalized spacial score (nSPS) is 25.1. The molecule has 1 aliphatic carbocycles. The molecule has 216 valence electrons. The van der Waals surface area contributed by atoms with Gasteiger partial charge >= 0.3 is 6.01 Å².